The van der Waals surface area contributed by atoms with Gasteiger partial charge in [-0.2, -0.15) is 0 Å². The van der Waals surface area contributed by atoms with Gasteiger partial charge in [0.15, 0.2) is 0 Å². The molecule has 0 spiro atoms. The third kappa shape index (κ3) is 4.54. The maximum Gasteiger partial charge on any atom is 0.486 e. The molecule has 2 rings (SSSR count). The van der Waals surface area contributed by atoms with Crippen LogP contribution in [0.3, 0.4) is 0 Å². The van der Waals surface area contributed by atoms with Crippen molar-refractivity contribution in [2.45, 2.75) is 90.6 Å². The van der Waals surface area contributed by atoms with Crippen molar-refractivity contribution in [2.75, 3.05) is 6.54 Å². The van der Waals surface area contributed by atoms with Crippen molar-refractivity contribution in [3.8, 4) is 0 Å². The SMILES string of the molecule is CC(C)(C)OC(=O)N1CCCCC1/C=C/B1OC(C)(C)C(C)(C)O1. The average Bonchev–Trinajstić information content (AvgIpc) is 2.63. The number of carbonyl (C=O) groups excluding carboxylic acids is 1. The first-order chi connectivity index (χ1) is 10.9. The lowest BCUT2D eigenvalue weighted by Crippen LogP contribution is -2.45. The third-order valence-corrected chi connectivity index (χ3v) is 4.94. The van der Waals surface area contributed by atoms with Crippen molar-refractivity contribution in [3.63, 3.8) is 0 Å². The second-order valence-electron chi connectivity index (χ2n) is 8.75. The van der Waals surface area contributed by atoms with Crippen LogP contribution in [-0.2, 0) is 14.0 Å². The molecule has 2 fully saturated rings. The number of ether oxygens (including phenoxy) is 1. The predicted octanol–water partition coefficient (Wildman–Crippen LogP) is 3.96. The third-order valence-electron chi connectivity index (χ3n) is 4.94. The molecule has 136 valence electrons. The van der Waals surface area contributed by atoms with E-state index in [9.17, 15) is 4.79 Å². The fraction of sp³-hybridized carbons (Fsp3) is 0.833. The van der Waals surface area contributed by atoms with Gasteiger partial charge in [-0.15, -0.1) is 0 Å². The summed E-state index contributed by atoms with van der Waals surface area (Å²) in [6, 6.07) is 0.0348. The molecule has 2 heterocycles. The van der Waals surface area contributed by atoms with E-state index in [-0.39, 0.29) is 30.5 Å². The number of rotatable bonds is 2. The summed E-state index contributed by atoms with van der Waals surface area (Å²) in [6.45, 7) is 14.6. The molecule has 0 radical (unpaired) electrons. The van der Waals surface area contributed by atoms with Crippen molar-refractivity contribution in [2.24, 2.45) is 0 Å². The Bertz CT molecular complexity index is 480. The Morgan fingerprint density at radius 3 is 2.29 bits per heavy atom. The Hall–Kier alpha value is -1.01. The second kappa shape index (κ2) is 6.72. The number of hydrogen-bond acceptors (Lipinski definition) is 4. The Kier molecular flexibility index (Phi) is 5.41. The minimum Gasteiger partial charge on any atom is -0.444 e. The monoisotopic (exact) mass is 337 g/mol. The highest BCUT2D eigenvalue weighted by Gasteiger charge is 2.50. The van der Waals surface area contributed by atoms with E-state index >= 15 is 0 Å². The predicted molar refractivity (Wildman–Crippen MR) is 95.8 cm³/mol. The first-order valence-electron chi connectivity index (χ1n) is 8.95. The van der Waals surface area contributed by atoms with Crippen LogP contribution in [0, 0.1) is 0 Å². The van der Waals surface area contributed by atoms with Crippen molar-refractivity contribution < 1.29 is 18.8 Å². The van der Waals surface area contributed by atoms with Gasteiger partial charge in [0.1, 0.15) is 5.60 Å². The van der Waals surface area contributed by atoms with E-state index in [1.165, 1.54) is 0 Å². The number of nitrogens with zero attached hydrogens (tertiary/aromatic N) is 1. The van der Waals surface area contributed by atoms with Gasteiger partial charge in [-0.05, 0) is 67.7 Å². The van der Waals surface area contributed by atoms with E-state index < -0.39 is 5.60 Å². The van der Waals surface area contributed by atoms with E-state index in [0.717, 1.165) is 25.8 Å². The first kappa shape index (κ1) is 19.3. The van der Waals surface area contributed by atoms with E-state index in [4.69, 9.17) is 14.0 Å². The van der Waals surface area contributed by atoms with Crippen LogP contribution < -0.4 is 0 Å². The van der Waals surface area contributed by atoms with Crippen LogP contribution in [0.25, 0.3) is 0 Å². The highest BCUT2D eigenvalue weighted by Crippen LogP contribution is 2.37. The number of amides is 1. The molecule has 0 saturated carbocycles. The number of piperidine rings is 1. The summed E-state index contributed by atoms with van der Waals surface area (Å²) < 4.78 is 17.5. The molecule has 1 atom stereocenters. The van der Waals surface area contributed by atoms with Crippen LogP contribution in [0.5, 0.6) is 0 Å². The topological polar surface area (TPSA) is 48.0 Å². The highest BCUT2D eigenvalue weighted by atomic mass is 16.7. The van der Waals surface area contributed by atoms with Gasteiger partial charge < -0.3 is 18.9 Å². The van der Waals surface area contributed by atoms with E-state index in [1.807, 2.05) is 65.4 Å². The van der Waals surface area contributed by atoms with E-state index in [2.05, 4.69) is 0 Å². The minimum atomic E-state index is -0.478. The lowest BCUT2D eigenvalue weighted by atomic mass is 9.87. The Morgan fingerprint density at radius 1 is 1.17 bits per heavy atom. The maximum absolute atomic E-state index is 12.4. The van der Waals surface area contributed by atoms with Crippen molar-refractivity contribution in [3.05, 3.63) is 12.1 Å². The zero-order valence-corrected chi connectivity index (χ0v) is 16.2. The van der Waals surface area contributed by atoms with Crippen LogP contribution in [0.1, 0.15) is 67.7 Å². The van der Waals surface area contributed by atoms with Gasteiger partial charge >= 0.3 is 13.2 Å². The molecule has 5 nitrogen and oxygen atoms in total. The van der Waals surface area contributed by atoms with Crippen molar-refractivity contribution in [1.82, 2.24) is 4.90 Å². The van der Waals surface area contributed by atoms with E-state index in [1.54, 1.807) is 0 Å². The molecule has 2 aliphatic rings. The lowest BCUT2D eigenvalue weighted by Gasteiger charge is -2.35. The summed E-state index contributed by atoms with van der Waals surface area (Å²) in [7, 11) is -0.377. The van der Waals surface area contributed by atoms with Gasteiger partial charge in [0.2, 0.25) is 0 Å². The molecule has 1 unspecified atom stereocenters. The summed E-state index contributed by atoms with van der Waals surface area (Å²) in [5, 5.41) is 0. The zero-order valence-electron chi connectivity index (χ0n) is 16.2. The van der Waals surface area contributed by atoms with Gasteiger partial charge in [-0.25, -0.2) is 4.79 Å². The fourth-order valence-corrected chi connectivity index (χ4v) is 2.89. The normalized spacial score (nSPS) is 26.9. The largest absolute Gasteiger partial charge is 0.486 e. The Labute approximate surface area is 146 Å². The Balaban J connectivity index is 2.02. The summed E-state index contributed by atoms with van der Waals surface area (Å²) in [5.74, 6) is 1.93. The summed E-state index contributed by atoms with van der Waals surface area (Å²) >= 11 is 0. The lowest BCUT2D eigenvalue weighted by molar-refractivity contribution is 0.00578. The maximum atomic E-state index is 12.4. The minimum absolute atomic E-state index is 0.0348. The average molecular weight is 337 g/mol. The van der Waals surface area contributed by atoms with Crippen LogP contribution in [0.2, 0.25) is 0 Å². The molecule has 24 heavy (non-hydrogen) atoms. The smallest absolute Gasteiger partial charge is 0.444 e. The molecule has 0 aromatic carbocycles. The molecule has 6 heteroatoms. The van der Waals surface area contributed by atoms with Gasteiger partial charge in [0, 0.05) is 6.54 Å². The van der Waals surface area contributed by atoms with Crippen LogP contribution in [0.4, 0.5) is 4.79 Å². The molecule has 1 amide bonds. The van der Waals surface area contributed by atoms with Crippen LogP contribution in [0.15, 0.2) is 12.1 Å². The quantitative estimate of drug-likeness (QED) is 0.716. The number of carbonyl (C=O) groups is 1. The summed E-state index contributed by atoms with van der Waals surface area (Å²) in [4.78, 5) is 14.2. The molecular weight excluding hydrogens is 305 g/mol. The van der Waals surface area contributed by atoms with Crippen molar-refractivity contribution in [1.29, 1.82) is 0 Å². The van der Waals surface area contributed by atoms with Crippen LogP contribution >= 0.6 is 0 Å². The Morgan fingerprint density at radius 2 is 1.75 bits per heavy atom. The molecule has 2 saturated heterocycles. The van der Waals surface area contributed by atoms with E-state index in [0.29, 0.717) is 0 Å². The molecule has 0 bridgehead atoms. The van der Waals surface area contributed by atoms with Gasteiger partial charge in [0.25, 0.3) is 0 Å². The molecule has 2 aliphatic heterocycles. The number of hydrogen-bond donors (Lipinski definition) is 0. The molecule has 0 aromatic heterocycles. The highest BCUT2D eigenvalue weighted by molar-refractivity contribution is 6.51. The molecule has 0 aliphatic carbocycles. The molecule has 0 aromatic rings. The first-order valence-corrected chi connectivity index (χ1v) is 8.95. The molecule has 0 N–H and O–H groups in total. The summed E-state index contributed by atoms with van der Waals surface area (Å²) in [6.07, 6.45) is 4.85. The van der Waals surface area contributed by atoms with Crippen molar-refractivity contribution >= 4 is 13.2 Å². The van der Waals surface area contributed by atoms with Gasteiger partial charge in [0.05, 0.1) is 17.2 Å². The summed E-state index contributed by atoms with van der Waals surface area (Å²) in [5.41, 5.74) is -1.17. The van der Waals surface area contributed by atoms with Gasteiger partial charge in [-0.3, -0.25) is 0 Å². The van der Waals surface area contributed by atoms with Crippen LogP contribution in [-0.4, -0.2) is 47.5 Å². The molecular formula is C18H32BNO4. The number of likely N-dealkylation sites (tertiary alicyclic amines) is 1. The second-order valence-corrected chi connectivity index (χ2v) is 8.75. The standard InChI is InChI=1S/C18H32BNO4/c1-16(2,3)22-15(21)20-13-9-8-10-14(20)11-12-19-23-17(4,5)18(6,7)24-19/h11-12,14H,8-10,13H2,1-7H3/b12-11+. The zero-order chi connectivity index (χ0) is 18.2. The van der Waals surface area contributed by atoms with Gasteiger partial charge in [-0.1, -0.05) is 12.1 Å². The fourth-order valence-electron chi connectivity index (χ4n) is 2.89.